The van der Waals surface area contributed by atoms with Gasteiger partial charge in [-0.25, -0.2) is 0 Å². The Morgan fingerprint density at radius 2 is 1.86 bits per heavy atom. The van der Waals surface area contributed by atoms with Gasteiger partial charge in [0.1, 0.15) is 0 Å². The minimum atomic E-state index is -0.895. The minimum Gasteiger partial charge on any atom is -0.388 e. The van der Waals surface area contributed by atoms with E-state index in [4.69, 9.17) is 23.2 Å². The summed E-state index contributed by atoms with van der Waals surface area (Å²) in [5, 5.41) is 15.6. The van der Waals surface area contributed by atoms with Gasteiger partial charge >= 0.3 is 11.8 Å². The molecule has 1 aromatic carbocycles. The van der Waals surface area contributed by atoms with Crippen molar-refractivity contribution in [2.45, 2.75) is 31.3 Å². The van der Waals surface area contributed by atoms with Crippen LogP contribution in [0.2, 0.25) is 10.0 Å². The van der Waals surface area contributed by atoms with E-state index in [2.05, 4.69) is 10.6 Å². The smallest absolute Gasteiger partial charge is 0.313 e. The highest BCUT2D eigenvalue weighted by Gasteiger charge is 2.32. The van der Waals surface area contributed by atoms with Crippen molar-refractivity contribution in [3.63, 3.8) is 0 Å². The fraction of sp³-hybridized carbons (Fsp3) is 0.429. The van der Waals surface area contributed by atoms with Crippen LogP contribution >= 0.6 is 23.2 Å². The molecule has 1 aliphatic carbocycles. The Morgan fingerprint density at radius 1 is 1.19 bits per heavy atom. The molecule has 0 radical (unpaired) electrons. The van der Waals surface area contributed by atoms with Gasteiger partial charge in [-0.3, -0.25) is 9.59 Å². The summed E-state index contributed by atoms with van der Waals surface area (Å²) in [6.45, 7) is 0.0770. The quantitative estimate of drug-likeness (QED) is 0.744. The van der Waals surface area contributed by atoms with E-state index < -0.39 is 17.4 Å². The fourth-order valence-electron chi connectivity index (χ4n) is 2.30. The van der Waals surface area contributed by atoms with Gasteiger partial charge in [-0.1, -0.05) is 36.0 Å². The van der Waals surface area contributed by atoms with Gasteiger partial charge in [0, 0.05) is 11.6 Å². The van der Waals surface area contributed by atoms with Crippen LogP contribution in [0.15, 0.2) is 18.2 Å². The van der Waals surface area contributed by atoms with E-state index in [0.29, 0.717) is 23.6 Å². The van der Waals surface area contributed by atoms with E-state index in [1.54, 1.807) is 6.07 Å². The maximum atomic E-state index is 11.8. The van der Waals surface area contributed by atoms with Gasteiger partial charge in [0.05, 0.1) is 16.3 Å². The van der Waals surface area contributed by atoms with E-state index >= 15 is 0 Å². The Kier molecular flexibility index (Phi) is 5.08. The van der Waals surface area contributed by atoms with Gasteiger partial charge in [-0.2, -0.15) is 0 Å². The second-order valence-electron chi connectivity index (χ2n) is 5.19. The van der Waals surface area contributed by atoms with Crippen molar-refractivity contribution in [1.82, 2.24) is 5.32 Å². The molecule has 0 unspecified atom stereocenters. The molecule has 0 aliphatic heterocycles. The van der Waals surface area contributed by atoms with Crippen molar-refractivity contribution in [2.24, 2.45) is 0 Å². The summed E-state index contributed by atoms with van der Waals surface area (Å²) in [7, 11) is 0. The SMILES string of the molecule is O=C(NCC1(O)CCCC1)C(=O)Nc1ccc(Cl)cc1Cl. The zero-order valence-electron chi connectivity index (χ0n) is 11.3. The molecule has 0 aromatic heterocycles. The molecule has 7 heteroatoms. The first-order valence-electron chi connectivity index (χ1n) is 6.66. The monoisotopic (exact) mass is 330 g/mol. The van der Waals surface area contributed by atoms with Crippen molar-refractivity contribution in [3.05, 3.63) is 28.2 Å². The second-order valence-corrected chi connectivity index (χ2v) is 6.04. The van der Waals surface area contributed by atoms with Crippen molar-refractivity contribution in [3.8, 4) is 0 Å². The number of amides is 2. The van der Waals surface area contributed by atoms with Crippen molar-refractivity contribution < 1.29 is 14.7 Å². The number of nitrogens with one attached hydrogen (secondary N) is 2. The second kappa shape index (κ2) is 6.64. The zero-order valence-corrected chi connectivity index (χ0v) is 12.8. The zero-order chi connectivity index (χ0) is 15.5. The lowest BCUT2D eigenvalue weighted by atomic mass is 10.0. The molecule has 0 heterocycles. The molecule has 5 nitrogen and oxygen atoms in total. The van der Waals surface area contributed by atoms with E-state index in [1.165, 1.54) is 12.1 Å². The van der Waals surface area contributed by atoms with Crippen LogP contribution in [0.5, 0.6) is 0 Å². The summed E-state index contributed by atoms with van der Waals surface area (Å²) >= 11 is 11.7. The van der Waals surface area contributed by atoms with Crippen LogP contribution in [0, 0.1) is 0 Å². The molecular weight excluding hydrogens is 315 g/mol. The van der Waals surface area contributed by atoms with E-state index in [9.17, 15) is 14.7 Å². The molecule has 0 bridgehead atoms. The number of benzene rings is 1. The van der Waals surface area contributed by atoms with Crippen LogP contribution in [0.3, 0.4) is 0 Å². The molecule has 0 spiro atoms. The minimum absolute atomic E-state index is 0.0770. The summed E-state index contributed by atoms with van der Waals surface area (Å²) < 4.78 is 0. The summed E-state index contributed by atoms with van der Waals surface area (Å²) in [5.74, 6) is -1.64. The Balaban J connectivity index is 1.89. The van der Waals surface area contributed by atoms with Gasteiger partial charge in [-0.05, 0) is 31.0 Å². The van der Waals surface area contributed by atoms with Crippen LogP contribution in [-0.2, 0) is 9.59 Å². The fourth-order valence-corrected chi connectivity index (χ4v) is 2.76. The highest BCUT2D eigenvalue weighted by atomic mass is 35.5. The number of carbonyl (C=O) groups is 2. The van der Waals surface area contributed by atoms with Gasteiger partial charge in [0.25, 0.3) is 0 Å². The molecule has 0 saturated heterocycles. The molecular formula is C14H16Cl2N2O3. The van der Waals surface area contributed by atoms with Crippen LogP contribution in [0.4, 0.5) is 5.69 Å². The number of aliphatic hydroxyl groups is 1. The average molecular weight is 331 g/mol. The van der Waals surface area contributed by atoms with Gasteiger partial charge in [0.15, 0.2) is 0 Å². The lowest BCUT2D eigenvalue weighted by Crippen LogP contribution is -2.44. The Bertz CT molecular complexity index is 557. The number of halogens is 2. The van der Waals surface area contributed by atoms with Crippen LogP contribution < -0.4 is 10.6 Å². The third-order valence-electron chi connectivity index (χ3n) is 3.50. The highest BCUT2D eigenvalue weighted by molar-refractivity contribution is 6.42. The molecule has 21 heavy (non-hydrogen) atoms. The van der Waals surface area contributed by atoms with Crippen molar-refractivity contribution in [2.75, 3.05) is 11.9 Å². The molecule has 2 amide bonds. The van der Waals surface area contributed by atoms with Crippen LogP contribution in [0.25, 0.3) is 0 Å². The molecule has 3 N–H and O–H groups in total. The summed E-state index contributed by atoms with van der Waals surface area (Å²) in [5.41, 5.74) is -0.589. The van der Waals surface area contributed by atoms with E-state index in [-0.39, 0.29) is 11.6 Å². The van der Waals surface area contributed by atoms with Crippen LogP contribution in [0.1, 0.15) is 25.7 Å². The molecule has 1 aliphatic rings. The van der Waals surface area contributed by atoms with Gasteiger partial charge < -0.3 is 15.7 Å². The molecule has 1 aromatic rings. The molecule has 2 rings (SSSR count). The number of carbonyl (C=O) groups excluding carboxylic acids is 2. The molecule has 114 valence electrons. The summed E-state index contributed by atoms with van der Waals surface area (Å²) in [4.78, 5) is 23.5. The first-order valence-corrected chi connectivity index (χ1v) is 7.42. The summed E-state index contributed by atoms with van der Waals surface area (Å²) in [6.07, 6.45) is 3.13. The van der Waals surface area contributed by atoms with E-state index in [1.807, 2.05) is 0 Å². The van der Waals surface area contributed by atoms with Gasteiger partial charge in [-0.15, -0.1) is 0 Å². The van der Waals surface area contributed by atoms with Crippen LogP contribution in [-0.4, -0.2) is 29.1 Å². The lowest BCUT2D eigenvalue weighted by Gasteiger charge is -2.22. The molecule has 1 fully saturated rings. The first-order chi connectivity index (χ1) is 9.89. The van der Waals surface area contributed by atoms with Gasteiger partial charge in [0.2, 0.25) is 0 Å². The first kappa shape index (κ1) is 16.1. The predicted molar refractivity (Wildman–Crippen MR) is 81.5 cm³/mol. The van der Waals surface area contributed by atoms with Crippen molar-refractivity contribution >= 4 is 40.7 Å². The lowest BCUT2D eigenvalue weighted by molar-refractivity contribution is -0.136. The topological polar surface area (TPSA) is 78.4 Å². The Hall–Kier alpha value is -1.30. The number of anilines is 1. The summed E-state index contributed by atoms with van der Waals surface area (Å²) in [6, 6.07) is 4.54. The molecule has 1 saturated carbocycles. The largest absolute Gasteiger partial charge is 0.388 e. The number of hydrogen-bond donors (Lipinski definition) is 3. The average Bonchev–Trinajstić information content (AvgIpc) is 2.86. The maximum absolute atomic E-state index is 11.8. The third-order valence-corrected chi connectivity index (χ3v) is 4.05. The number of rotatable bonds is 3. The Morgan fingerprint density at radius 3 is 2.48 bits per heavy atom. The normalized spacial score (nSPS) is 16.5. The predicted octanol–water partition coefficient (Wildman–Crippen LogP) is 2.35. The van der Waals surface area contributed by atoms with Crippen molar-refractivity contribution in [1.29, 1.82) is 0 Å². The highest BCUT2D eigenvalue weighted by Crippen LogP contribution is 2.28. The third kappa shape index (κ3) is 4.33. The molecule has 0 atom stereocenters. The number of hydrogen-bond acceptors (Lipinski definition) is 3. The maximum Gasteiger partial charge on any atom is 0.313 e. The Labute approximate surface area is 132 Å². The van der Waals surface area contributed by atoms with E-state index in [0.717, 1.165) is 12.8 Å². The standard InChI is InChI=1S/C14H16Cl2N2O3/c15-9-3-4-11(10(16)7-9)18-13(20)12(19)17-8-14(21)5-1-2-6-14/h3-4,7,21H,1-2,5-6,8H2,(H,17,19)(H,18,20).